The zero-order chi connectivity index (χ0) is 23.2. The third-order valence-corrected chi connectivity index (χ3v) is 5.66. The van der Waals surface area contributed by atoms with Crippen molar-refractivity contribution in [2.75, 3.05) is 27.9 Å². The van der Waals surface area contributed by atoms with Crippen molar-refractivity contribution in [2.45, 2.75) is 44.8 Å². The quantitative estimate of drug-likeness (QED) is 0.535. The average Bonchev–Trinajstić information content (AvgIpc) is 2.69. The topological polar surface area (TPSA) is 111 Å². The minimum atomic E-state index is -1.59. The summed E-state index contributed by atoms with van der Waals surface area (Å²) in [6, 6.07) is 0.260. The van der Waals surface area contributed by atoms with Crippen LogP contribution < -0.4 is 26.2 Å². The first-order valence-electron chi connectivity index (χ1n) is 10.0. The molecular formula is C20H22F3N7O2. The first-order chi connectivity index (χ1) is 15.1. The van der Waals surface area contributed by atoms with Crippen LogP contribution in [0.5, 0.6) is 0 Å². The molecule has 1 aromatic carbocycles. The van der Waals surface area contributed by atoms with Crippen molar-refractivity contribution in [2.24, 2.45) is 0 Å². The van der Waals surface area contributed by atoms with E-state index in [2.05, 4.69) is 31.2 Å². The number of anilines is 4. The van der Waals surface area contributed by atoms with Gasteiger partial charge in [0, 0.05) is 37.0 Å². The lowest BCUT2D eigenvalue weighted by atomic mass is 9.87. The molecule has 2 heterocycles. The van der Waals surface area contributed by atoms with Crippen LogP contribution in [0.3, 0.4) is 0 Å². The van der Waals surface area contributed by atoms with Crippen LogP contribution in [0.4, 0.5) is 41.1 Å². The minimum Gasteiger partial charge on any atom is -0.351 e. The molecule has 4 rings (SSSR count). The second-order valence-electron chi connectivity index (χ2n) is 7.97. The van der Waals surface area contributed by atoms with E-state index in [9.17, 15) is 22.8 Å². The van der Waals surface area contributed by atoms with Crippen molar-refractivity contribution in [3.63, 3.8) is 0 Å². The number of halogens is 3. The number of nitrogens with zero attached hydrogens (tertiary/aromatic N) is 3. The summed E-state index contributed by atoms with van der Waals surface area (Å²) in [6.45, 7) is 3.57. The number of benzene rings is 1. The summed E-state index contributed by atoms with van der Waals surface area (Å²) in [6.07, 6.45) is 1.17. The van der Waals surface area contributed by atoms with Crippen LogP contribution >= 0.6 is 0 Å². The molecule has 32 heavy (non-hydrogen) atoms. The predicted molar refractivity (Wildman–Crippen MR) is 112 cm³/mol. The molecule has 0 spiro atoms. The van der Waals surface area contributed by atoms with E-state index < -0.39 is 23.5 Å². The number of nitrogens with one attached hydrogen (secondary N) is 4. The summed E-state index contributed by atoms with van der Waals surface area (Å²) in [5.74, 6) is -3.43. The van der Waals surface area contributed by atoms with Gasteiger partial charge in [-0.1, -0.05) is 0 Å². The average molecular weight is 449 g/mol. The lowest BCUT2D eigenvalue weighted by molar-refractivity contribution is -0.117. The lowest BCUT2D eigenvalue weighted by Gasteiger charge is -2.37. The normalized spacial score (nSPS) is 21.9. The van der Waals surface area contributed by atoms with Gasteiger partial charge in [-0.15, -0.1) is 0 Å². The number of carbonyl (C=O) groups excluding carboxylic acids is 2. The molecule has 2 aromatic rings. The Morgan fingerprint density at radius 2 is 1.81 bits per heavy atom. The number of aromatic nitrogens is 2. The molecule has 0 saturated heterocycles. The molecule has 12 heteroatoms. The van der Waals surface area contributed by atoms with Gasteiger partial charge in [-0.2, -0.15) is 4.98 Å². The van der Waals surface area contributed by atoms with Crippen molar-refractivity contribution in [1.82, 2.24) is 15.3 Å². The molecular weight excluding hydrogens is 427 g/mol. The standard InChI is InChI=1S/C20H22F3N7O2/c1-8-16-17(30(3)9(2)18(31)28-16)29-19(24-8)25-10-4-11(5-10)26-20(32)27-12-6-13(21)15(23)14(22)7-12/h6-7,9-11H,4-5H2,1-3H3,(H,28,31)(H,24,25,29)(H2,26,27,32)/t9-,10?,11?/m0/s1. The van der Waals surface area contributed by atoms with Gasteiger partial charge in [0.2, 0.25) is 11.9 Å². The fourth-order valence-electron chi connectivity index (χ4n) is 3.63. The Balaban J connectivity index is 1.32. The third-order valence-electron chi connectivity index (χ3n) is 5.66. The van der Waals surface area contributed by atoms with Crippen LogP contribution in [0, 0.1) is 24.4 Å². The van der Waals surface area contributed by atoms with E-state index in [-0.39, 0.29) is 29.7 Å². The van der Waals surface area contributed by atoms with Gasteiger partial charge >= 0.3 is 6.03 Å². The number of rotatable bonds is 4. The van der Waals surface area contributed by atoms with Crippen LogP contribution in [0.15, 0.2) is 12.1 Å². The molecule has 1 aromatic heterocycles. The first kappa shape index (κ1) is 21.7. The number of hydrogen-bond donors (Lipinski definition) is 4. The molecule has 0 radical (unpaired) electrons. The third kappa shape index (κ3) is 4.12. The van der Waals surface area contributed by atoms with Gasteiger partial charge < -0.3 is 26.2 Å². The van der Waals surface area contributed by atoms with E-state index in [1.165, 1.54) is 0 Å². The lowest BCUT2D eigenvalue weighted by Crippen LogP contribution is -2.51. The van der Waals surface area contributed by atoms with Gasteiger partial charge in [-0.05, 0) is 26.7 Å². The van der Waals surface area contributed by atoms with Gasteiger partial charge in [-0.3, -0.25) is 4.79 Å². The summed E-state index contributed by atoms with van der Waals surface area (Å²) in [5.41, 5.74) is 1.03. The molecule has 1 aliphatic heterocycles. The Bertz CT molecular complexity index is 1070. The van der Waals surface area contributed by atoms with Crippen LogP contribution in [0.2, 0.25) is 0 Å². The predicted octanol–water partition coefficient (Wildman–Crippen LogP) is 2.74. The molecule has 170 valence electrons. The molecule has 1 saturated carbocycles. The zero-order valence-corrected chi connectivity index (χ0v) is 17.6. The molecule has 2 aliphatic rings. The highest BCUT2D eigenvalue weighted by atomic mass is 19.2. The molecule has 0 unspecified atom stereocenters. The van der Waals surface area contributed by atoms with Crippen LogP contribution in [0.25, 0.3) is 0 Å². The van der Waals surface area contributed by atoms with Crippen LogP contribution in [-0.4, -0.2) is 47.1 Å². The van der Waals surface area contributed by atoms with Gasteiger partial charge in [0.15, 0.2) is 23.3 Å². The monoisotopic (exact) mass is 449 g/mol. The number of aryl methyl sites for hydroxylation is 1. The van der Waals surface area contributed by atoms with Crippen molar-refractivity contribution in [1.29, 1.82) is 0 Å². The molecule has 0 bridgehead atoms. The SMILES string of the molecule is Cc1nc(NC2CC(NC(=O)Nc3cc(F)c(F)c(F)c3)C2)nc2c1NC(=O)[C@H](C)N2C. The summed E-state index contributed by atoms with van der Waals surface area (Å²) >= 11 is 0. The molecule has 4 N–H and O–H groups in total. The summed E-state index contributed by atoms with van der Waals surface area (Å²) in [7, 11) is 1.79. The number of amides is 3. The maximum atomic E-state index is 13.3. The van der Waals surface area contributed by atoms with E-state index in [4.69, 9.17) is 0 Å². The highest BCUT2D eigenvalue weighted by Gasteiger charge is 2.33. The summed E-state index contributed by atoms with van der Waals surface area (Å²) in [4.78, 5) is 34.7. The van der Waals surface area contributed by atoms with Crippen molar-refractivity contribution in [3.05, 3.63) is 35.3 Å². The van der Waals surface area contributed by atoms with Crippen LogP contribution in [0.1, 0.15) is 25.5 Å². The maximum Gasteiger partial charge on any atom is 0.319 e. The van der Waals surface area contributed by atoms with Crippen molar-refractivity contribution >= 4 is 35.1 Å². The summed E-state index contributed by atoms with van der Waals surface area (Å²) in [5, 5.41) is 11.0. The molecule has 9 nitrogen and oxygen atoms in total. The smallest absolute Gasteiger partial charge is 0.319 e. The number of urea groups is 1. The number of fused-ring (bicyclic) bond motifs is 1. The Labute approximate surface area is 181 Å². The van der Waals surface area contributed by atoms with E-state index in [1.807, 2.05) is 0 Å². The number of carbonyl (C=O) groups is 2. The van der Waals surface area contributed by atoms with Crippen LogP contribution in [-0.2, 0) is 4.79 Å². The van der Waals surface area contributed by atoms with Gasteiger partial charge in [0.25, 0.3) is 0 Å². The number of likely N-dealkylation sites (N-methyl/N-ethyl adjacent to an activating group) is 1. The van der Waals surface area contributed by atoms with E-state index in [0.29, 0.717) is 48.1 Å². The Morgan fingerprint density at radius 1 is 1.16 bits per heavy atom. The van der Waals surface area contributed by atoms with Gasteiger partial charge in [0.1, 0.15) is 11.7 Å². The van der Waals surface area contributed by atoms with Gasteiger partial charge in [-0.25, -0.2) is 22.9 Å². The Hall–Kier alpha value is -3.57. The number of hydrogen-bond acceptors (Lipinski definition) is 6. The van der Waals surface area contributed by atoms with E-state index >= 15 is 0 Å². The molecule has 1 atom stereocenters. The second kappa shape index (κ2) is 8.17. The molecule has 1 aliphatic carbocycles. The first-order valence-corrected chi connectivity index (χ1v) is 10.0. The highest BCUT2D eigenvalue weighted by molar-refractivity contribution is 6.03. The van der Waals surface area contributed by atoms with Crippen molar-refractivity contribution in [3.8, 4) is 0 Å². The highest BCUT2D eigenvalue weighted by Crippen LogP contribution is 2.33. The Morgan fingerprint density at radius 3 is 2.47 bits per heavy atom. The Kier molecular flexibility index (Phi) is 5.53. The minimum absolute atomic E-state index is 0.0133. The van der Waals surface area contributed by atoms with Crippen molar-refractivity contribution < 1.29 is 22.8 Å². The maximum absolute atomic E-state index is 13.3. The fourth-order valence-corrected chi connectivity index (χ4v) is 3.63. The summed E-state index contributed by atoms with van der Waals surface area (Å²) < 4.78 is 39.5. The second-order valence-corrected chi connectivity index (χ2v) is 7.97. The molecule has 1 fully saturated rings. The van der Waals surface area contributed by atoms with E-state index in [1.54, 1.807) is 25.8 Å². The van der Waals surface area contributed by atoms with E-state index in [0.717, 1.165) is 0 Å². The zero-order valence-electron chi connectivity index (χ0n) is 17.6. The fraction of sp³-hybridized carbons (Fsp3) is 0.400. The largest absolute Gasteiger partial charge is 0.351 e. The van der Waals surface area contributed by atoms with Gasteiger partial charge in [0.05, 0.1) is 5.69 Å². The molecule has 3 amide bonds.